The molecular formula is C19H27N3O4. The Hall–Kier alpha value is -2.28. The quantitative estimate of drug-likeness (QED) is 0.800. The van der Waals surface area contributed by atoms with Crippen molar-refractivity contribution in [2.45, 2.75) is 37.6 Å². The number of carbonyl (C=O) groups is 2. The largest absolute Gasteiger partial charge is 0.497 e. The first-order chi connectivity index (χ1) is 12.5. The van der Waals surface area contributed by atoms with Gasteiger partial charge < -0.3 is 25.4 Å². The molecule has 142 valence electrons. The fraction of sp³-hybridized carbons (Fsp3) is 0.579. The van der Waals surface area contributed by atoms with E-state index in [1.54, 1.807) is 37.3 Å². The van der Waals surface area contributed by atoms with Gasteiger partial charge in [-0.3, -0.25) is 9.59 Å². The van der Waals surface area contributed by atoms with Crippen LogP contribution >= 0.6 is 0 Å². The summed E-state index contributed by atoms with van der Waals surface area (Å²) in [6.07, 6.45) is 4.18. The van der Waals surface area contributed by atoms with E-state index in [2.05, 4.69) is 5.32 Å². The fourth-order valence-electron chi connectivity index (χ4n) is 3.88. The van der Waals surface area contributed by atoms with Gasteiger partial charge >= 0.3 is 0 Å². The van der Waals surface area contributed by atoms with E-state index in [0.29, 0.717) is 30.3 Å². The van der Waals surface area contributed by atoms with Crippen LogP contribution in [0.2, 0.25) is 0 Å². The van der Waals surface area contributed by atoms with Crippen molar-refractivity contribution in [2.75, 3.05) is 32.2 Å². The molecule has 1 saturated heterocycles. The van der Waals surface area contributed by atoms with Gasteiger partial charge in [0.25, 0.3) is 0 Å². The van der Waals surface area contributed by atoms with Crippen molar-refractivity contribution in [3.63, 3.8) is 0 Å². The van der Waals surface area contributed by atoms with E-state index >= 15 is 0 Å². The van der Waals surface area contributed by atoms with Crippen molar-refractivity contribution >= 4 is 17.5 Å². The number of nitrogens with zero attached hydrogens (tertiary/aromatic N) is 1. The van der Waals surface area contributed by atoms with Crippen LogP contribution in [0.25, 0.3) is 0 Å². The molecule has 1 unspecified atom stereocenters. The molecule has 1 aliphatic carbocycles. The van der Waals surface area contributed by atoms with E-state index in [1.165, 1.54) is 0 Å². The molecular weight excluding hydrogens is 334 g/mol. The number of nitrogens with two attached hydrogens (primary N) is 1. The summed E-state index contributed by atoms with van der Waals surface area (Å²) >= 11 is 0. The Morgan fingerprint density at radius 1 is 1.23 bits per heavy atom. The first kappa shape index (κ1) is 18.5. The number of rotatable bonds is 6. The Morgan fingerprint density at radius 2 is 1.85 bits per heavy atom. The number of benzene rings is 1. The summed E-state index contributed by atoms with van der Waals surface area (Å²) in [6, 6.07) is 5.30. The highest BCUT2D eigenvalue weighted by atomic mass is 16.5. The smallest absolute Gasteiger partial charge is 0.227 e. The van der Waals surface area contributed by atoms with Crippen LogP contribution in [-0.2, 0) is 9.59 Å². The summed E-state index contributed by atoms with van der Waals surface area (Å²) in [7, 11) is 3.13. The van der Waals surface area contributed by atoms with Crippen molar-refractivity contribution in [3.8, 4) is 11.5 Å². The van der Waals surface area contributed by atoms with Crippen LogP contribution in [0, 0.1) is 5.92 Å². The van der Waals surface area contributed by atoms with Crippen LogP contribution in [0.1, 0.15) is 32.1 Å². The predicted octanol–water partition coefficient (Wildman–Crippen LogP) is 1.44. The van der Waals surface area contributed by atoms with E-state index in [1.807, 2.05) is 0 Å². The van der Waals surface area contributed by atoms with Crippen LogP contribution in [0.3, 0.4) is 0 Å². The molecule has 0 bridgehead atoms. The molecule has 1 aliphatic heterocycles. The molecule has 2 amide bonds. The Kier molecular flexibility index (Phi) is 5.36. The molecule has 1 heterocycles. The van der Waals surface area contributed by atoms with E-state index in [0.717, 1.165) is 25.7 Å². The van der Waals surface area contributed by atoms with E-state index in [9.17, 15) is 9.59 Å². The number of carbonyl (C=O) groups excluding carboxylic acids is 2. The molecule has 1 atom stereocenters. The maximum atomic E-state index is 12.7. The summed E-state index contributed by atoms with van der Waals surface area (Å²) in [6.45, 7) is 0.790. The minimum absolute atomic E-state index is 0.0753. The molecule has 26 heavy (non-hydrogen) atoms. The standard InChI is InChI=1S/C19H27N3O4/c1-25-15-8-14(9-16(10-15)26-2)22-11-13(7-17(22)23)18(24)21-19(12-20)5-3-4-6-19/h8-10,13H,3-7,11-12,20H2,1-2H3,(H,21,24). The van der Waals surface area contributed by atoms with Crippen molar-refractivity contribution in [1.82, 2.24) is 5.32 Å². The van der Waals surface area contributed by atoms with Crippen LogP contribution in [0.15, 0.2) is 18.2 Å². The predicted molar refractivity (Wildman–Crippen MR) is 98.4 cm³/mol. The van der Waals surface area contributed by atoms with Gasteiger partial charge in [0, 0.05) is 37.7 Å². The number of hydrogen-bond acceptors (Lipinski definition) is 5. The second kappa shape index (κ2) is 7.53. The van der Waals surface area contributed by atoms with Gasteiger partial charge in [0.2, 0.25) is 11.8 Å². The lowest BCUT2D eigenvalue weighted by Gasteiger charge is -2.30. The molecule has 0 aromatic heterocycles. The molecule has 0 spiro atoms. The Morgan fingerprint density at radius 3 is 2.38 bits per heavy atom. The van der Waals surface area contributed by atoms with Crippen molar-refractivity contribution < 1.29 is 19.1 Å². The Balaban J connectivity index is 1.73. The molecule has 1 saturated carbocycles. The molecule has 7 nitrogen and oxygen atoms in total. The minimum atomic E-state index is -0.372. The first-order valence-corrected chi connectivity index (χ1v) is 9.06. The zero-order valence-corrected chi connectivity index (χ0v) is 15.4. The summed E-state index contributed by atoms with van der Waals surface area (Å²) in [5, 5.41) is 3.13. The zero-order valence-electron chi connectivity index (χ0n) is 15.4. The number of anilines is 1. The summed E-state index contributed by atoms with van der Waals surface area (Å²) in [5.41, 5.74) is 6.28. The lowest BCUT2D eigenvalue weighted by atomic mass is 9.96. The molecule has 1 aromatic rings. The first-order valence-electron chi connectivity index (χ1n) is 9.06. The number of nitrogens with one attached hydrogen (secondary N) is 1. The minimum Gasteiger partial charge on any atom is -0.497 e. The Bertz CT molecular complexity index is 663. The lowest BCUT2D eigenvalue weighted by Crippen LogP contribution is -2.53. The second-order valence-corrected chi connectivity index (χ2v) is 7.16. The highest BCUT2D eigenvalue weighted by molar-refractivity contribution is 6.00. The van der Waals surface area contributed by atoms with Gasteiger partial charge in [0.15, 0.2) is 0 Å². The molecule has 3 N–H and O–H groups in total. The third-order valence-electron chi connectivity index (χ3n) is 5.48. The highest BCUT2D eigenvalue weighted by Gasteiger charge is 2.40. The maximum absolute atomic E-state index is 12.7. The molecule has 7 heteroatoms. The Labute approximate surface area is 153 Å². The van der Waals surface area contributed by atoms with Crippen LogP contribution < -0.4 is 25.4 Å². The third-order valence-corrected chi connectivity index (χ3v) is 5.48. The van der Waals surface area contributed by atoms with E-state index in [4.69, 9.17) is 15.2 Å². The lowest BCUT2D eigenvalue weighted by molar-refractivity contribution is -0.127. The summed E-state index contributed by atoms with van der Waals surface area (Å²) < 4.78 is 10.5. The molecule has 3 rings (SSSR count). The topological polar surface area (TPSA) is 93.9 Å². The van der Waals surface area contributed by atoms with Gasteiger partial charge in [-0.15, -0.1) is 0 Å². The third kappa shape index (κ3) is 3.62. The van der Waals surface area contributed by atoms with Gasteiger partial charge in [-0.25, -0.2) is 0 Å². The molecule has 1 aromatic carbocycles. The zero-order chi connectivity index (χ0) is 18.7. The van der Waals surface area contributed by atoms with Crippen LogP contribution in [0.4, 0.5) is 5.69 Å². The monoisotopic (exact) mass is 361 g/mol. The summed E-state index contributed by atoms with van der Waals surface area (Å²) in [4.78, 5) is 26.9. The van der Waals surface area contributed by atoms with Gasteiger partial charge in [-0.1, -0.05) is 12.8 Å². The molecule has 2 aliphatic rings. The van der Waals surface area contributed by atoms with Crippen molar-refractivity contribution in [3.05, 3.63) is 18.2 Å². The van der Waals surface area contributed by atoms with Crippen molar-refractivity contribution in [1.29, 1.82) is 0 Å². The van der Waals surface area contributed by atoms with Gasteiger partial charge in [-0.05, 0) is 12.8 Å². The maximum Gasteiger partial charge on any atom is 0.227 e. The number of methoxy groups -OCH3 is 2. The highest BCUT2D eigenvalue weighted by Crippen LogP contribution is 2.33. The fourth-order valence-corrected chi connectivity index (χ4v) is 3.88. The number of ether oxygens (including phenoxy) is 2. The normalized spacial score (nSPS) is 21.7. The average molecular weight is 361 g/mol. The van der Waals surface area contributed by atoms with Crippen molar-refractivity contribution in [2.24, 2.45) is 11.7 Å². The van der Waals surface area contributed by atoms with E-state index in [-0.39, 0.29) is 29.7 Å². The average Bonchev–Trinajstić information content (AvgIpc) is 3.28. The van der Waals surface area contributed by atoms with Gasteiger partial charge in [0.05, 0.1) is 31.4 Å². The second-order valence-electron chi connectivity index (χ2n) is 7.16. The van der Waals surface area contributed by atoms with Crippen LogP contribution in [-0.4, -0.2) is 44.7 Å². The van der Waals surface area contributed by atoms with Gasteiger partial charge in [0.1, 0.15) is 11.5 Å². The van der Waals surface area contributed by atoms with E-state index < -0.39 is 0 Å². The summed E-state index contributed by atoms with van der Waals surface area (Å²) in [5.74, 6) is 0.682. The van der Waals surface area contributed by atoms with Crippen LogP contribution in [0.5, 0.6) is 11.5 Å². The number of amides is 2. The number of hydrogen-bond donors (Lipinski definition) is 2. The molecule has 2 fully saturated rings. The molecule has 0 radical (unpaired) electrons. The SMILES string of the molecule is COc1cc(OC)cc(N2CC(C(=O)NC3(CN)CCCC3)CC2=O)c1. The van der Waals surface area contributed by atoms with Gasteiger partial charge in [-0.2, -0.15) is 0 Å².